The number of hydrogen-bond acceptors (Lipinski definition) is 7. The molecule has 2 aromatic carbocycles. The molecule has 1 aromatic heterocycles. The van der Waals surface area contributed by atoms with Crippen LogP contribution in [0.15, 0.2) is 36.4 Å². The Hall–Kier alpha value is -3.45. The molecule has 3 aromatic rings. The summed E-state index contributed by atoms with van der Waals surface area (Å²) in [5.41, 5.74) is 4.26. The largest absolute Gasteiger partial charge is 0.497 e. The lowest BCUT2D eigenvalue weighted by Gasteiger charge is -2.28. The van der Waals surface area contributed by atoms with E-state index in [4.69, 9.17) is 4.74 Å². The normalized spacial score (nSPS) is 23.3. The van der Waals surface area contributed by atoms with Crippen LogP contribution in [0.1, 0.15) is 71.8 Å². The van der Waals surface area contributed by atoms with Crippen LogP contribution < -0.4 is 14.8 Å². The Bertz CT molecular complexity index is 1790. The minimum Gasteiger partial charge on any atom is -0.497 e. The van der Waals surface area contributed by atoms with E-state index in [-0.39, 0.29) is 24.6 Å². The summed E-state index contributed by atoms with van der Waals surface area (Å²) in [6.45, 7) is 4.57. The zero-order valence-corrected chi connectivity index (χ0v) is 27.4. The Morgan fingerprint density at radius 1 is 1.11 bits per heavy atom. The maximum absolute atomic E-state index is 13.5. The van der Waals surface area contributed by atoms with Gasteiger partial charge in [0, 0.05) is 80.8 Å². The highest BCUT2D eigenvalue weighted by molar-refractivity contribution is 7.87. The summed E-state index contributed by atoms with van der Waals surface area (Å²) in [5, 5.41) is 14.8. The fourth-order valence-electron chi connectivity index (χ4n) is 8.01. The zero-order valence-electron chi connectivity index (χ0n) is 26.5. The van der Waals surface area contributed by atoms with E-state index in [1.54, 1.807) is 19.2 Å². The molecule has 3 N–H and O–H groups in total. The Morgan fingerprint density at radius 2 is 1.87 bits per heavy atom. The van der Waals surface area contributed by atoms with E-state index in [1.165, 1.54) is 23.3 Å². The standard InChI is InChI=1S/C34H43N5O6S/c1-37(16-17-38-14-12-35-13-15-38)46(43,44)36-32(40)23-8-10-26-29(18-23)39-21-34(33(41)42)20-28(34)27-19-24(45-2)9-11-25(27)31(39)30(26)22-6-4-3-5-7-22/h8-11,18-19,22,28,35H,3-7,12-17,20-21H2,1-2H3,(H,36,40)(H,41,42). The highest BCUT2D eigenvalue weighted by atomic mass is 32.2. The van der Waals surface area contributed by atoms with Gasteiger partial charge in [0.05, 0.1) is 18.2 Å². The first-order chi connectivity index (χ1) is 22.1. The molecule has 11 nitrogen and oxygen atoms in total. The van der Waals surface area contributed by atoms with Crippen molar-refractivity contribution < 1.29 is 27.9 Å². The topological polar surface area (TPSA) is 133 Å². The lowest BCUT2D eigenvalue weighted by molar-refractivity contribution is -0.144. The van der Waals surface area contributed by atoms with Crippen LogP contribution in [0, 0.1) is 5.41 Å². The van der Waals surface area contributed by atoms with Gasteiger partial charge < -0.3 is 19.7 Å². The second kappa shape index (κ2) is 12.0. The Kier molecular flexibility index (Phi) is 8.11. The maximum atomic E-state index is 13.5. The third-order valence-electron chi connectivity index (χ3n) is 10.8. The molecule has 0 radical (unpaired) electrons. The van der Waals surface area contributed by atoms with E-state index in [9.17, 15) is 23.1 Å². The molecule has 46 heavy (non-hydrogen) atoms. The average molecular weight is 650 g/mol. The SMILES string of the molecule is COc1ccc2c(c1)C1CC1(C(=O)O)Cn1c-2c(C2CCCCC2)c2ccc(C(=O)NS(=O)(=O)N(C)CCN3CCNCC3)cc21. The van der Waals surface area contributed by atoms with Crippen molar-refractivity contribution in [2.45, 2.75) is 56.9 Å². The molecule has 2 aliphatic carbocycles. The predicted octanol–water partition coefficient (Wildman–Crippen LogP) is 3.75. The summed E-state index contributed by atoms with van der Waals surface area (Å²) < 4.78 is 37.5. The highest BCUT2D eigenvalue weighted by Gasteiger charge is 2.63. The first-order valence-corrected chi connectivity index (χ1v) is 17.9. The van der Waals surface area contributed by atoms with Crippen LogP contribution in [-0.2, 0) is 21.5 Å². The van der Waals surface area contributed by atoms with Crippen molar-refractivity contribution in [2.75, 3.05) is 53.4 Å². The van der Waals surface area contributed by atoms with E-state index in [2.05, 4.69) is 25.6 Å². The van der Waals surface area contributed by atoms with E-state index in [0.29, 0.717) is 24.6 Å². The van der Waals surface area contributed by atoms with Gasteiger partial charge in [-0.3, -0.25) is 14.5 Å². The monoisotopic (exact) mass is 649 g/mol. The lowest BCUT2D eigenvalue weighted by atomic mass is 9.81. The number of aliphatic carboxylic acids is 1. The number of nitrogens with one attached hydrogen (secondary N) is 2. The summed E-state index contributed by atoms with van der Waals surface area (Å²) in [6.07, 6.45) is 6.09. The second-order valence-corrected chi connectivity index (χ2v) is 15.2. The molecule has 1 saturated heterocycles. The fourth-order valence-corrected chi connectivity index (χ4v) is 8.84. The molecule has 2 atom stereocenters. The molecule has 2 unspecified atom stereocenters. The number of nitrogens with zero attached hydrogens (tertiary/aromatic N) is 3. The third-order valence-corrected chi connectivity index (χ3v) is 12.2. The zero-order chi connectivity index (χ0) is 32.2. The number of likely N-dealkylation sites (N-methyl/N-ethyl adjacent to an activating group) is 1. The van der Waals surface area contributed by atoms with E-state index in [0.717, 1.165) is 79.6 Å². The first kappa shape index (κ1) is 31.2. The number of amides is 1. The maximum Gasteiger partial charge on any atom is 0.312 e. The summed E-state index contributed by atoms with van der Waals surface area (Å²) >= 11 is 0. The van der Waals surface area contributed by atoms with Gasteiger partial charge in [-0.15, -0.1) is 0 Å². The molecule has 0 spiro atoms. The number of methoxy groups -OCH3 is 1. The van der Waals surface area contributed by atoms with Crippen molar-refractivity contribution in [3.05, 3.63) is 53.1 Å². The molecule has 246 valence electrons. The van der Waals surface area contributed by atoms with Crippen molar-refractivity contribution >= 4 is 33.0 Å². The number of aromatic nitrogens is 1. The van der Waals surface area contributed by atoms with Gasteiger partial charge in [-0.1, -0.05) is 25.3 Å². The van der Waals surface area contributed by atoms with Crippen LogP contribution >= 0.6 is 0 Å². The van der Waals surface area contributed by atoms with Crippen molar-refractivity contribution in [3.8, 4) is 17.0 Å². The van der Waals surface area contributed by atoms with Gasteiger partial charge in [0.15, 0.2) is 0 Å². The summed E-state index contributed by atoms with van der Waals surface area (Å²) in [5.74, 6) is -0.669. The minimum atomic E-state index is -4.07. The second-order valence-electron chi connectivity index (χ2n) is 13.4. The summed E-state index contributed by atoms with van der Waals surface area (Å²) in [7, 11) is -0.969. The van der Waals surface area contributed by atoms with Gasteiger partial charge in [0.1, 0.15) is 5.75 Å². The van der Waals surface area contributed by atoms with Gasteiger partial charge in [-0.05, 0) is 66.6 Å². The molecule has 0 bridgehead atoms. The molecule has 4 aliphatic rings. The number of carbonyl (C=O) groups is 2. The number of carbonyl (C=O) groups excluding carboxylic acids is 1. The van der Waals surface area contributed by atoms with Crippen molar-refractivity contribution in [1.82, 2.24) is 23.8 Å². The smallest absolute Gasteiger partial charge is 0.312 e. The van der Waals surface area contributed by atoms with Crippen molar-refractivity contribution in [3.63, 3.8) is 0 Å². The minimum absolute atomic E-state index is 0.141. The van der Waals surface area contributed by atoms with Crippen LogP contribution in [-0.4, -0.2) is 92.6 Å². The van der Waals surface area contributed by atoms with Crippen LogP contribution in [0.3, 0.4) is 0 Å². The van der Waals surface area contributed by atoms with Gasteiger partial charge in [0.2, 0.25) is 0 Å². The molecular formula is C34H43N5O6S. The van der Waals surface area contributed by atoms with Gasteiger partial charge in [-0.2, -0.15) is 12.7 Å². The molecular weight excluding hydrogens is 606 g/mol. The number of piperazine rings is 1. The Morgan fingerprint density at radius 3 is 2.59 bits per heavy atom. The number of hydrogen-bond donors (Lipinski definition) is 3. The summed E-state index contributed by atoms with van der Waals surface area (Å²) in [4.78, 5) is 28.6. The first-order valence-electron chi connectivity index (χ1n) is 16.4. The summed E-state index contributed by atoms with van der Waals surface area (Å²) in [6, 6.07) is 11.4. The molecule has 2 aliphatic heterocycles. The number of fused-ring (bicyclic) bond motifs is 7. The Labute approximate surface area is 270 Å². The Balaban J connectivity index is 1.28. The number of carboxylic acid groups (broad SMARTS) is 1. The van der Waals surface area contributed by atoms with Gasteiger partial charge in [-0.25, -0.2) is 4.72 Å². The number of carboxylic acids is 1. The molecule has 2 saturated carbocycles. The number of rotatable bonds is 9. The molecule has 3 heterocycles. The van der Waals surface area contributed by atoms with E-state index >= 15 is 0 Å². The molecule has 1 amide bonds. The third kappa shape index (κ3) is 5.38. The fraction of sp³-hybridized carbons (Fsp3) is 0.529. The number of ether oxygens (including phenoxy) is 1. The van der Waals surface area contributed by atoms with Gasteiger partial charge >= 0.3 is 16.2 Å². The van der Waals surface area contributed by atoms with Crippen LogP contribution in [0.25, 0.3) is 22.2 Å². The van der Waals surface area contributed by atoms with E-state index in [1.807, 2.05) is 18.2 Å². The molecule has 12 heteroatoms. The van der Waals surface area contributed by atoms with E-state index < -0.39 is 27.5 Å². The predicted molar refractivity (Wildman–Crippen MR) is 176 cm³/mol. The van der Waals surface area contributed by atoms with Crippen LogP contribution in [0.4, 0.5) is 0 Å². The number of benzene rings is 2. The highest BCUT2D eigenvalue weighted by Crippen LogP contribution is 2.65. The average Bonchev–Trinajstić information content (AvgIpc) is 3.74. The van der Waals surface area contributed by atoms with Crippen LogP contribution in [0.2, 0.25) is 0 Å². The molecule has 7 rings (SSSR count). The van der Waals surface area contributed by atoms with Crippen LogP contribution in [0.5, 0.6) is 5.75 Å². The van der Waals surface area contributed by atoms with Crippen molar-refractivity contribution in [2.24, 2.45) is 5.41 Å². The van der Waals surface area contributed by atoms with Gasteiger partial charge in [0.25, 0.3) is 5.91 Å². The quantitative estimate of drug-likeness (QED) is 0.319. The lowest BCUT2D eigenvalue weighted by Crippen LogP contribution is -2.48. The van der Waals surface area contributed by atoms with Crippen molar-refractivity contribution in [1.29, 1.82) is 0 Å². The molecule has 3 fully saturated rings.